The summed E-state index contributed by atoms with van der Waals surface area (Å²) in [6.07, 6.45) is 6.57. The van der Waals surface area contributed by atoms with E-state index < -0.39 is 18.5 Å². The maximum atomic E-state index is 12.9. The van der Waals surface area contributed by atoms with Crippen LogP contribution in [-0.2, 0) is 22.4 Å². The largest absolute Gasteiger partial charge is 0.452 e. The highest BCUT2D eigenvalue weighted by atomic mass is 32.1. The fraction of sp³-hybridized carbons (Fsp3) is 0.435. The van der Waals surface area contributed by atoms with E-state index >= 15 is 0 Å². The molecule has 3 aromatic rings. The molecule has 0 spiro atoms. The zero-order chi connectivity index (χ0) is 22.4. The van der Waals surface area contributed by atoms with Gasteiger partial charge in [-0.05, 0) is 57.6 Å². The van der Waals surface area contributed by atoms with E-state index in [4.69, 9.17) is 9.72 Å². The highest BCUT2D eigenvalue weighted by Gasteiger charge is 2.29. The third-order valence-electron chi connectivity index (χ3n) is 5.91. The third-order valence-corrected chi connectivity index (χ3v) is 7.12. The number of nitriles is 1. The number of ether oxygens (including phenoxy) is 1. The number of nitrogens with one attached hydrogen (secondary N) is 1. The Morgan fingerprint density at radius 3 is 2.91 bits per heavy atom. The smallest absolute Gasteiger partial charge is 0.339 e. The molecule has 0 atom stereocenters. The molecule has 1 saturated carbocycles. The molecule has 164 valence electrons. The summed E-state index contributed by atoms with van der Waals surface area (Å²) in [6.45, 7) is 3.60. The van der Waals surface area contributed by atoms with Gasteiger partial charge in [0.1, 0.15) is 11.1 Å². The molecule has 0 aromatic carbocycles. The maximum absolute atomic E-state index is 12.9. The number of carbonyl (C=O) groups is 2. The van der Waals surface area contributed by atoms with Crippen molar-refractivity contribution in [3.05, 3.63) is 39.5 Å². The van der Waals surface area contributed by atoms with Crippen LogP contribution in [0.15, 0.2) is 12.3 Å². The van der Waals surface area contributed by atoms with Gasteiger partial charge in [-0.15, -0.1) is 11.3 Å². The molecule has 0 saturated heterocycles. The number of pyridine rings is 1. The zero-order valence-corrected chi connectivity index (χ0v) is 18.8. The molecular weight excluding hydrogens is 426 g/mol. The van der Waals surface area contributed by atoms with Crippen molar-refractivity contribution in [2.75, 3.05) is 11.9 Å². The summed E-state index contributed by atoms with van der Waals surface area (Å²) in [7, 11) is 0. The summed E-state index contributed by atoms with van der Waals surface area (Å²) in [5.74, 6) is -0.678. The summed E-state index contributed by atoms with van der Waals surface area (Å²) in [5, 5.41) is 17.8. The monoisotopic (exact) mass is 449 g/mol. The van der Waals surface area contributed by atoms with E-state index in [-0.39, 0.29) is 6.04 Å². The van der Waals surface area contributed by atoms with Gasteiger partial charge in [0.15, 0.2) is 12.3 Å². The van der Waals surface area contributed by atoms with Crippen LogP contribution in [-0.4, -0.2) is 33.2 Å². The predicted octanol–water partition coefficient (Wildman–Crippen LogP) is 4.11. The van der Waals surface area contributed by atoms with Crippen molar-refractivity contribution in [1.29, 1.82) is 5.26 Å². The first-order valence-electron chi connectivity index (χ1n) is 10.9. The fourth-order valence-corrected chi connectivity index (χ4v) is 5.41. The van der Waals surface area contributed by atoms with Crippen LogP contribution in [0.4, 0.5) is 5.00 Å². The van der Waals surface area contributed by atoms with E-state index in [9.17, 15) is 14.9 Å². The first kappa shape index (κ1) is 20.6. The van der Waals surface area contributed by atoms with Gasteiger partial charge in [-0.1, -0.05) is 0 Å². The van der Waals surface area contributed by atoms with Crippen LogP contribution in [0.5, 0.6) is 0 Å². The average molecular weight is 450 g/mol. The number of aryl methyl sites for hydroxylation is 1. The summed E-state index contributed by atoms with van der Waals surface area (Å²) in [6, 6.07) is 4.07. The zero-order valence-electron chi connectivity index (χ0n) is 18.0. The van der Waals surface area contributed by atoms with Crippen molar-refractivity contribution in [1.82, 2.24) is 14.8 Å². The Bertz CT molecular complexity index is 1280. The van der Waals surface area contributed by atoms with Crippen molar-refractivity contribution in [2.24, 2.45) is 0 Å². The molecule has 3 aromatic heterocycles. The number of carbonyl (C=O) groups excluding carboxylic acids is 2. The Morgan fingerprint density at radius 2 is 2.19 bits per heavy atom. The summed E-state index contributed by atoms with van der Waals surface area (Å²) in [5.41, 5.74) is 3.48. The van der Waals surface area contributed by atoms with Crippen molar-refractivity contribution < 1.29 is 14.3 Å². The highest BCUT2D eigenvalue weighted by molar-refractivity contribution is 7.16. The molecule has 8 nitrogen and oxygen atoms in total. The minimum atomic E-state index is -0.577. The molecule has 1 N–H and O–H groups in total. The Labute approximate surface area is 189 Å². The molecule has 32 heavy (non-hydrogen) atoms. The van der Waals surface area contributed by atoms with E-state index in [1.807, 2.05) is 13.8 Å². The van der Waals surface area contributed by atoms with E-state index in [1.54, 1.807) is 16.9 Å². The predicted molar refractivity (Wildman–Crippen MR) is 120 cm³/mol. The van der Waals surface area contributed by atoms with Gasteiger partial charge in [0.25, 0.3) is 5.91 Å². The second kappa shape index (κ2) is 8.02. The minimum absolute atomic E-state index is 0.103. The molecule has 3 heterocycles. The standard InChI is InChI=1S/C23H23N5O3S/c1-12(2)28-21-17(10-25-28)15(8-18(26-21)13-6-7-13)23(30)31-11-20(29)27-22-16(9-24)14-4-3-5-19(14)32-22/h8,10,12-13H,3-7,11H2,1-2H3,(H,27,29). The normalized spacial score (nSPS) is 15.1. The first-order valence-corrected chi connectivity index (χ1v) is 11.7. The van der Waals surface area contributed by atoms with Crippen molar-refractivity contribution in [3.8, 4) is 6.07 Å². The number of nitrogens with zero attached hydrogens (tertiary/aromatic N) is 4. The molecule has 9 heteroatoms. The van der Waals surface area contributed by atoms with Gasteiger partial charge in [-0.2, -0.15) is 10.4 Å². The number of hydrogen-bond acceptors (Lipinski definition) is 7. The van der Waals surface area contributed by atoms with E-state index in [1.165, 1.54) is 11.3 Å². The van der Waals surface area contributed by atoms with Crippen LogP contribution >= 0.6 is 11.3 Å². The molecule has 5 rings (SSSR count). The molecule has 0 unspecified atom stereocenters. The van der Waals surface area contributed by atoms with E-state index in [0.717, 1.165) is 48.2 Å². The summed E-state index contributed by atoms with van der Waals surface area (Å²) < 4.78 is 7.15. The van der Waals surface area contributed by atoms with Crippen molar-refractivity contribution in [3.63, 3.8) is 0 Å². The van der Waals surface area contributed by atoms with Gasteiger partial charge >= 0.3 is 5.97 Å². The maximum Gasteiger partial charge on any atom is 0.339 e. The lowest BCUT2D eigenvalue weighted by Gasteiger charge is -2.10. The SMILES string of the molecule is CC(C)n1ncc2c(C(=O)OCC(=O)Nc3sc4c(c3C#N)CCC4)cc(C3CC3)nc21. The van der Waals surface area contributed by atoms with Crippen molar-refractivity contribution in [2.45, 2.75) is 57.9 Å². The third kappa shape index (κ3) is 3.65. The van der Waals surface area contributed by atoms with Gasteiger partial charge in [-0.25, -0.2) is 14.5 Å². The molecule has 0 radical (unpaired) electrons. The Balaban J connectivity index is 1.33. The molecule has 2 aliphatic carbocycles. The van der Waals surface area contributed by atoms with Gasteiger partial charge in [0, 0.05) is 22.5 Å². The lowest BCUT2D eigenvalue weighted by molar-refractivity contribution is -0.119. The lowest BCUT2D eigenvalue weighted by atomic mass is 10.1. The number of rotatable bonds is 6. The summed E-state index contributed by atoms with van der Waals surface area (Å²) >= 11 is 1.44. The molecule has 0 aliphatic heterocycles. The second-order valence-electron chi connectivity index (χ2n) is 8.59. The average Bonchev–Trinajstić information content (AvgIpc) is 3.22. The first-order chi connectivity index (χ1) is 15.5. The van der Waals surface area contributed by atoms with Gasteiger partial charge in [0.2, 0.25) is 0 Å². The number of aromatic nitrogens is 3. The second-order valence-corrected chi connectivity index (χ2v) is 9.69. The van der Waals surface area contributed by atoms with Crippen LogP contribution < -0.4 is 5.32 Å². The molecule has 2 aliphatic rings. The topological polar surface area (TPSA) is 110 Å². The van der Waals surface area contributed by atoms with Gasteiger partial charge in [0.05, 0.1) is 22.7 Å². The van der Waals surface area contributed by atoms with Crippen LogP contribution in [0.3, 0.4) is 0 Å². The molecule has 0 bridgehead atoms. The minimum Gasteiger partial charge on any atom is -0.452 e. The lowest BCUT2D eigenvalue weighted by Crippen LogP contribution is -2.21. The summed E-state index contributed by atoms with van der Waals surface area (Å²) in [4.78, 5) is 31.3. The van der Waals surface area contributed by atoms with Crippen LogP contribution in [0, 0.1) is 11.3 Å². The Kier molecular flexibility index (Phi) is 5.18. The number of amides is 1. The number of hydrogen-bond donors (Lipinski definition) is 1. The number of fused-ring (bicyclic) bond motifs is 2. The quantitative estimate of drug-likeness (QED) is 0.567. The van der Waals surface area contributed by atoms with Gasteiger partial charge < -0.3 is 10.1 Å². The van der Waals surface area contributed by atoms with Crippen LogP contribution in [0.25, 0.3) is 11.0 Å². The number of anilines is 1. The fourth-order valence-electron chi connectivity index (χ4n) is 4.15. The Morgan fingerprint density at radius 1 is 1.38 bits per heavy atom. The number of esters is 1. The molecular formula is C23H23N5O3S. The van der Waals surface area contributed by atoms with Crippen LogP contribution in [0.1, 0.15) is 77.1 Å². The van der Waals surface area contributed by atoms with Crippen LogP contribution in [0.2, 0.25) is 0 Å². The van der Waals surface area contributed by atoms with Crippen molar-refractivity contribution >= 4 is 39.2 Å². The highest BCUT2D eigenvalue weighted by Crippen LogP contribution is 2.41. The Hall–Kier alpha value is -3.25. The van der Waals surface area contributed by atoms with Gasteiger partial charge in [-0.3, -0.25) is 4.79 Å². The van der Waals surface area contributed by atoms with E-state index in [0.29, 0.717) is 33.1 Å². The number of thiophene rings is 1. The van der Waals surface area contributed by atoms with E-state index in [2.05, 4.69) is 16.5 Å². The molecule has 1 fully saturated rings. The molecule has 1 amide bonds.